The Labute approximate surface area is 200 Å². The first-order valence-electron chi connectivity index (χ1n) is 11.0. The summed E-state index contributed by atoms with van der Waals surface area (Å²) in [5.74, 6) is -2.98. The summed E-state index contributed by atoms with van der Waals surface area (Å²) in [4.78, 5) is 51.9. The number of carbonyl (C=O) groups excluding carboxylic acids is 3. The number of carboxylic acid groups (broad SMARTS) is 1. The van der Waals surface area contributed by atoms with Gasteiger partial charge < -0.3 is 14.7 Å². The lowest BCUT2D eigenvalue weighted by Gasteiger charge is -2.35. The van der Waals surface area contributed by atoms with E-state index in [2.05, 4.69) is 0 Å². The Morgan fingerprint density at radius 2 is 1.77 bits per heavy atom. The van der Waals surface area contributed by atoms with Crippen LogP contribution in [0.25, 0.3) is 10.8 Å². The zero-order chi connectivity index (χ0) is 24.9. The average Bonchev–Trinajstić information content (AvgIpc) is 3.31. The minimum absolute atomic E-state index is 0.164. The van der Waals surface area contributed by atoms with Crippen LogP contribution in [-0.2, 0) is 25.6 Å². The molecule has 9 heteroatoms. The molecule has 0 fully saturated rings. The van der Waals surface area contributed by atoms with Gasteiger partial charge in [0, 0.05) is 17.6 Å². The lowest BCUT2D eigenvalue weighted by Crippen LogP contribution is -2.57. The number of halogens is 1. The number of carboxylic acids is 1. The highest BCUT2D eigenvalue weighted by Gasteiger charge is 2.41. The molecule has 180 valence electrons. The Bertz CT molecular complexity index is 1270. The van der Waals surface area contributed by atoms with Crippen LogP contribution in [0, 0.1) is 0 Å². The van der Waals surface area contributed by atoms with Crippen LogP contribution < -0.4 is 9.64 Å². The van der Waals surface area contributed by atoms with E-state index in [1.807, 2.05) is 30.3 Å². The van der Waals surface area contributed by atoms with Crippen molar-refractivity contribution >= 4 is 40.5 Å². The summed E-state index contributed by atoms with van der Waals surface area (Å²) in [6.45, 7) is -1.19. The molecule has 2 amide bonds. The number of para-hydroxylation sites is 1. The third kappa shape index (κ3) is 4.84. The van der Waals surface area contributed by atoms with Crippen molar-refractivity contribution in [2.24, 2.45) is 0 Å². The molecule has 0 aliphatic carbocycles. The van der Waals surface area contributed by atoms with Crippen LogP contribution in [0.1, 0.15) is 12.0 Å². The van der Waals surface area contributed by atoms with Gasteiger partial charge in [-0.25, -0.2) is 4.39 Å². The number of alkyl halides is 1. The minimum atomic E-state index is -1.73. The zero-order valence-electron chi connectivity index (χ0n) is 18.7. The average molecular weight is 478 g/mol. The molecule has 1 aliphatic heterocycles. The van der Waals surface area contributed by atoms with E-state index in [0.29, 0.717) is 28.9 Å². The Morgan fingerprint density at radius 3 is 2.51 bits per heavy atom. The molecule has 3 aromatic carbocycles. The number of aliphatic carboxylic acids is 1. The smallest absolute Gasteiger partial charge is 0.305 e. The fraction of sp³-hybridized carbons (Fsp3) is 0.231. The van der Waals surface area contributed by atoms with Gasteiger partial charge in [0.15, 0.2) is 5.78 Å². The van der Waals surface area contributed by atoms with Crippen LogP contribution in [0.15, 0.2) is 66.7 Å². The molecule has 1 N–H and O–H groups in total. The highest BCUT2D eigenvalue weighted by atomic mass is 19.1. The minimum Gasteiger partial charge on any atom is -0.481 e. The van der Waals surface area contributed by atoms with Crippen LogP contribution >= 0.6 is 0 Å². The number of rotatable bonds is 10. The highest BCUT2D eigenvalue weighted by Crippen LogP contribution is 2.31. The van der Waals surface area contributed by atoms with Gasteiger partial charge in [0.25, 0.3) is 12.1 Å². The van der Waals surface area contributed by atoms with Crippen molar-refractivity contribution in [3.63, 3.8) is 0 Å². The molecule has 0 spiro atoms. The SMILES string of the molecule is O=CN(C(CC(=O)O)C(=O)CF)[C@@H](Oc1cccc2ccccc12)C(=O)N1CCc2ccccc21. The second kappa shape index (κ2) is 10.3. The number of carbonyl (C=O) groups is 4. The summed E-state index contributed by atoms with van der Waals surface area (Å²) < 4.78 is 19.4. The van der Waals surface area contributed by atoms with E-state index in [4.69, 9.17) is 4.74 Å². The number of hydrogen-bond acceptors (Lipinski definition) is 5. The molecule has 1 heterocycles. The van der Waals surface area contributed by atoms with Crippen LogP contribution in [0.5, 0.6) is 5.75 Å². The Balaban J connectivity index is 1.79. The van der Waals surface area contributed by atoms with Gasteiger partial charge in [0.1, 0.15) is 18.5 Å². The highest BCUT2D eigenvalue weighted by molar-refractivity contribution is 6.00. The number of anilines is 1. The van der Waals surface area contributed by atoms with E-state index >= 15 is 0 Å². The van der Waals surface area contributed by atoms with E-state index in [9.17, 15) is 28.7 Å². The van der Waals surface area contributed by atoms with Crippen molar-refractivity contribution in [1.29, 1.82) is 0 Å². The lowest BCUT2D eigenvalue weighted by atomic mass is 10.1. The Morgan fingerprint density at radius 1 is 1.06 bits per heavy atom. The number of amides is 2. The molecule has 0 aromatic heterocycles. The van der Waals surface area contributed by atoms with Crippen LogP contribution in [0.3, 0.4) is 0 Å². The first-order valence-corrected chi connectivity index (χ1v) is 11.0. The van der Waals surface area contributed by atoms with Crippen LogP contribution in [0.4, 0.5) is 10.1 Å². The van der Waals surface area contributed by atoms with Gasteiger partial charge in [-0.1, -0.05) is 54.6 Å². The summed E-state index contributed by atoms with van der Waals surface area (Å²) in [5.41, 5.74) is 1.55. The van der Waals surface area contributed by atoms with Gasteiger partial charge in [-0.2, -0.15) is 0 Å². The predicted molar refractivity (Wildman–Crippen MR) is 126 cm³/mol. The molecule has 8 nitrogen and oxygen atoms in total. The monoisotopic (exact) mass is 478 g/mol. The van der Waals surface area contributed by atoms with Crippen LogP contribution in [0.2, 0.25) is 0 Å². The van der Waals surface area contributed by atoms with Gasteiger partial charge in [-0.15, -0.1) is 0 Å². The fourth-order valence-electron chi connectivity index (χ4n) is 4.29. The van der Waals surface area contributed by atoms with Gasteiger partial charge in [0.05, 0.1) is 6.42 Å². The van der Waals surface area contributed by atoms with E-state index < -0.39 is 43.0 Å². The van der Waals surface area contributed by atoms with Crippen molar-refractivity contribution in [2.45, 2.75) is 25.1 Å². The van der Waals surface area contributed by atoms with Gasteiger partial charge in [0.2, 0.25) is 6.41 Å². The number of fused-ring (bicyclic) bond motifs is 2. The number of Topliss-reactive ketones (excluding diaryl/α,β-unsaturated/α-hetero) is 1. The molecule has 0 radical (unpaired) electrons. The predicted octanol–water partition coefficient (Wildman–Crippen LogP) is 2.97. The maximum absolute atomic E-state index is 13.8. The Kier molecular flexibility index (Phi) is 7.05. The molecule has 0 bridgehead atoms. The molecule has 1 aliphatic rings. The van der Waals surface area contributed by atoms with E-state index in [0.717, 1.165) is 10.9 Å². The molecular formula is C26H23FN2O6. The second-order valence-electron chi connectivity index (χ2n) is 8.08. The van der Waals surface area contributed by atoms with Crippen molar-refractivity contribution in [3.05, 3.63) is 72.3 Å². The maximum atomic E-state index is 13.8. The number of benzene rings is 3. The zero-order valence-corrected chi connectivity index (χ0v) is 18.7. The summed E-state index contributed by atoms with van der Waals surface area (Å²) in [6, 6.07) is 17.9. The lowest BCUT2D eigenvalue weighted by molar-refractivity contribution is -0.153. The van der Waals surface area contributed by atoms with Crippen molar-refractivity contribution in [3.8, 4) is 5.75 Å². The van der Waals surface area contributed by atoms with E-state index in [1.165, 1.54) is 4.90 Å². The standard InChI is InChI=1S/C26H23FN2O6/c27-15-22(31)21(14-24(32)33)29(16-30)26(25(34)28-13-12-18-7-2-4-10-20(18)28)35-23-11-5-8-17-6-1-3-9-19(17)23/h1-11,16,21,26H,12-15H2,(H,32,33)/t21?,26-/m0/s1. The Hall–Kier alpha value is -4.27. The molecule has 2 atom stereocenters. The summed E-state index contributed by atoms with van der Waals surface area (Å²) in [5, 5.41) is 10.8. The molecule has 3 aromatic rings. The summed E-state index contributed by atoms with van der Waals surface area (Å²) in [6.07, 6.45) is -1.84. The van der Waals surface area contributed by atoms with Gasteiger partial charge in [-0.3, -0.25) is 24.1 Å². The number of nitrogens with zero attached hydrogens (tertiary/aromatic N) is 2. The maximum Gasteiger partial charge on any atom is 0.305 e. The van der Waals surface area contributed by atoms with E-state index in [1.54, 1.807) is 36.4 Å². The van der Waals surface area contributed by atoms with Crippen molar-refractivity contribution in [1.82, 2.24) is 4.90 Å². The quantitative estimate of drug-likeness (QED) is 0.355. The summed E-state index contributed by atoms with van der Waals surface area (Å²) in [7, 11) is 0. The van der Waals surface area contributed by atoms with Crippen LogP contribution in [-0.4, -0.2) is 59.6 Å². The topological polar surface area (TPSA) is 104 Å². The third-order valence-corrected chi connectivity index (χ3v) is 5.98. The largest absolute Gasteiger partial charge is 0.481 e. The van der Waals surface area contributed by atoms with Crippen molar-refractivity contribution < 1.29 is 33.4 Å². The summed E-state index contributed by atoms with van der Waals surface area (Å²) >= 11 is 0. The molecule has 1 unspecified atom stereocenters. The van der Waals surface area contributed by atoms with Gasteiger partial charge >= 0.3 is 5.97 Å². The fourth-order valence-corrected chi connectivity index (χ4v) is 4.29. The van der Waals surface area contributed by atoms with Crippen molar-refractivity contribution in [2.75, 3.05) is 18.1 Å². The number of ether oxygens (including phenoxy) is 1. The molecule has 0 saturated heterocycles. The molecular weight excluding hydrogens is 455 g/mol. The first kappa shape index (κ1) is 23.9. The normalized spacial score (nSPS) is 14.1. The third-order valence-electron chi connectivity index (χ3n) is 5.98. The number of hydrogen-bond donors (Lipinski definition) is 1. The molecule has 35 heavy (non-hydrogen) atoms. The first-order chi connectivity index (χ1) is 16.9. The number of ketones is 1. The van der Waals surface area contributed by atoms with Gasteiger partial charge in [-0.05, 0) is 29.5 Å². The second-order valence-corrected chi connectivity index (χ2v) is 8.08. The molecule has 0 saturated carbocycles. The molecule has 4 rings (SSSR count). The van der Waals surface area contributed by atoms with E-state index in [-0.39, 0.29) is 12.2 Å².